The summed E-state index contributed by atoms with van der Waals surface area (Å²) in [6, 6.07) is 16.8. The SMILES string of the molecule is Cc1ccc(S(=O)(=O)N2CCC(C#N)CCc3ccccc32)cc1. The number of nitriles is 1. The Kier molecular flexibility index (Phi) is 4.59. The van der Waals surface area contributed by atoms with E-state index in [0.29, 0.717) is 19.4 Å². The van der Waals surface area contributed by atoms with Gasteiger partial charge in [0.15, 0.2) is 0 Å². The van der Waals surface area contributed by atoms with Gasteiger partial charge < -0.3 is 0 Å². The third-order valence-corrected chi connectivity index (χ3v) is 6.32. The number of benzene rings is 2. The topological polar surface area (TPSA) is 61.2 Å². The first-order valence-electron chi connectivity index (χ1n) is 8.09. The number of para-hydroxylation sites is 1. The van der Waals surface area contributed by atoms with Crippen LogP contribution in [0.1, 0.15) is 24.0 Å². The zero-order valence-electron chi connectivity index (χ0n) is 13.6. The Hall–Kier alpha value is -2.32. The Bertz CT molecular complexity index is 867. The largest absolute Gasteiger partial charge is 0.266 e. The van der Waals surface area contributed by atoms with Gasteiger partial charge in [-0.05, 0) is 49.9 Å². The molecule has 1 aliphatic heterocycles. The number of nitrogens with zero attached hydrogens (tertiary/aromatic N) is 2. The molecular weight excluding hydrogens is 320 g/mol. The van der Waals surface area contributed by atoms with Crippen molar-refractivity contribution in [1.82, 2.24) is 0 Å². The van der Waals surface area contributed by atoms with E-state index in [2.05, 4.69) is 6.07 Å². The molecule has 24 heavy (non-hydrogen) atoms. The zero-order valence-corrected chi connectivity index (χ0v) is 14.5. The molecule has 0 saturated carbocycles. The second kappa shape index (κ2) is 6.66. The van der Waals surface area contributed by atoms with Crippen LogP contribution in [0, 0.1) is 24.2 Å². The van der Waals surface area contributed by atoms with Crippen LogP contribution in [0.3, 0.4) is 0 Å². The second-order valence-electron chi connectivity index (χ2n) is 6.17. The molecule has 1 aliphatic rings. The molecule has 0 bridgehead atoms. The number of hydrogen-bond donors (Lipinski definition) is 0. The Morgan fingerprint density at radius 1 is 1.08 bits per heavy atom. The zero-order chi connectivity index (χ0) is 17.2. The summed E-state index contributed by atoms with van der Waals surface area (Å²) < 4.78 is 27.8. The van der Waals surface area contributed by atoms with Gasteiger partial charge in [0.2, 0.25) is 0 Å². The maximum absolute atomic E-state index is 13.2. The van der Waals surface area contributed by atoms with Crippen molar-refractivity contribution in [2.24, 2.45) is 5.92 Å². The summed E-state index contributed by atoms with van der Waals surface area (Å²) in [7, 11) is -3.64. The van der Waals surface area contributed by atoms with Gasteiger partial charge in [-0.1, -0.05) is 35.9 Å². The molecule has 0 saturated heterocycles. The van der Waals surface area contributed by atoms with E-state index in [9.17, 15) is 13.7 Å². The van der Waals surface area contributed by atoms with Gasteiger partial charge in [-0.15, -0.1) is 0 Å². The molecule has 0 N–H and O–H groups in total. The van der Waals surface area contributed by atoms with E-state index >= 15 is 0 Å². The lowest BCUT2D eigenvalue weighted by molar-refractivity contribution is 0.542. The first-order valence-corrected chi connectivity index (χ1v) is 9.53. The lowest BCUT2D eigenvalue weighted by atomic mass is 9.95. The highest BCUT2D eigenvalue weighted by atomic mass is 32.2. The number of aryl methyl sites for hydroxylation is 2. The minimum atomic E-state index is -3.64. The van der Waals surface area contributed by atoms with E-state index in [0.717, 1.165) is 23.2 Å². The molecule has 2 aromatic carbocycles. The fraction of sp³-hybridized carbons (Fsp3) is 0.316. The molecule has 3 rings (SSSR count). The molecule has 2 aromatic rings. The number of hydrogen-bond acceptors (Lipinski definition) is 3. The van der Waals surface area contributed by atoms with Crippen LogP contribution in [0.5, 0.6) is 0 Å². The number of rotatable bonds is 2. The maximum atomic E-state index is 13.2. The Morgan fingerprint density at radius 2 is 1.79 bits per heavy atom. The van der Waals surface area contributed by atoms with Crippen molar-refractivity contribution in [3.63, 3.8) is 0 Å². The fourth-order valence-electron chi connectivity index (χ4n) is 3.05. The molecule has 0 aromatic heterocycles. The van der Waals surface area contributed by atoms with Crippen molar-refractivity contribution < 1.29 is 8.42 Å². The standard InChI is InChI=1S/C19H20N2O2S/c1-15-6-10-18(11-7-15)24(22,23)21-13-12-16(14-20)8-9-17-4-2-3-5-19(17)21/h2-7,10-11,16H,8-9,12-13H2,1H3. The van der Waals surface area contributed by atoms with Gasteiger partial charge in [-0.2, -0.15) is 5.26 Å². The van der Waals surface area contributed by atoms with Crippen LogP contribution in [0.2, 0.25) is 0 Å². The molecule has 1 heterocycles. The molecule has 4 nitrogen and oxygen atoms in total. The Balaban J connectivity index is 2.07. The van der Waals surface area contributed by atoms with Gasteiger partial charge in [-0.3, -0.25) is 4.31 Å². The van der Waals surface area contributed by atoms with Crippen LogP contribution in [0.25, 0.3) is 0 Å². The Labute approximate surface area is 143 Å². The molecule has 1 atom stereocenters. The molecule has 0 spiro atoms. The fourth-order valence-corrected chi connectivity index (χ4v) is 4.57. The summed E-state index contributed by atoms with van der Waals surface area (Å²) in [6.45, 7) is 2.25. The molecule has 0 fully saturated rings. The van der Waals surface area contributed by atoms with Gasteiger partial charge >= 0.3 is 0 Å². The number of anilines is 1. The van der Waals surface area contributed by atoms with Gasteiger partial charge in [0.05, 0.1) is 16.7 Å². The highest BCUT2D eigenvalue weighted by Gasteiger charge is 2.29. The van der Waals surface area contributed by atoms with E-state index in [1.807, 2.05) is 31.2 Å². The summed E-state index contributed by atoms with van der Waals surface area (Å²) in [4.78, 5) is 0.289. The monoisotopic (exact) mass is 340 g/mol. The highest BCUT2D eigenvalue weighted by Crippen LogP contribution is 2.32. The van der Waals surface area contributed by atoms with Gasteiger partial charge in [0, 0.05) is 12.5 Å². The van der Waals surface area contributed by atoms with Crippen LogP contribution in [-0.4, -0.2) is 15.0 Å². The van der Waals surface area contributed by atoms with Crippen LogP contribution in [-0.2, 0) is 16.4 Å². The quantitative estimate of drug-likeness (QED) is 0.838. The summed E-state index contributed by atoms with van der Waals surface area (Å²) in [5, 5.41) is 9.27. The van der Waals surface area contributed by atoms with Crippen molar-refractivity contribution in [3.8, 4) is 6.07 Å². The first-order chi connectivity index (χ1) is 11.5. The predicted molar refractivity (Wildman–Crippen MR) is 94.2 cm³/mol. The minimum absolute atomic E-state index is 0.117. The van der Waals surface area contributed by atoms with Crippen LogP contribution in [0.15, 0.2) is 53.4 Å². The number of sulfonamides is 1. The van der Waals surface area contributed by atoms with Crippen LogP contribution < -0.4 is 4.31 Å². The van der Waals surface area contributed by atoms with E-state index in [4.69, 9.17) is 0 Å². The third-order valence-electron chi connectivity index (χ3n) is 4.49. The summed E-state index contributed by atoms with van der Waals surface area (Å²) in [5.74, 6) is -0.117. The van der Waals surface area contributed by atoms with E-state index in [1.165, 1.54) is 4.31 Å². The lowest BCUT2D eigenvalue weighted by Gasteiger charge is -2.29. The molecule has 1 unspecified atom stereocenters. The normalized spacial score (nSPS) is 18.2. The minimum Gasteiger partial charge on any atom is -0.266 e. The molecule has 0 amide bonds. The second-order valence-corrected chi connectivity index (χ2v) is 8.03. The Morgan fingerprint density at radius 3 is 2.50 bits per heavy atom. The average Bonchev–Trinajstić information content (AvgIpc) is 2.56. The maximum Gasteiger partial charge on any atom is 0.264 e. The predicted octanol–water partition coefficient (Wildman–Crippen LogP) is 3.67. The van der Waals surface area contributed by atoms with Gasteiger partial charge in [0.1, 0.15) is 0 Å². The third kappa shape index (κ3) is 3.15. The van der Waals surface area contributed by atoms with Crippen molar-refractivity contribution >= 4 is 15.7 Å². The van der Waals surface area contributed by atoms with Crippen molar-refractivity contribution in [2.45, 2.75) is 31.1 Å². The lowest BCUT2D eigenvalue weighted by Crippen LogP contribution is -2.34. The molecule has 5 heteroatoms. The van der Waals surface area contributed by atoms with Crippen LogP contribution >= 0.6 is 0 Å². The summed E-state index contributed by atoms with van der Waals surface area (Å²) >= 11 is 0. The smallest absolute Gasteiger partial charge is 0.264 e. The van der Waals surface area contributed by atoms with Crippen molar-refractivity contribution in [2.75, 3.05) is 10.8 Å². The molecule has 0 radical (unpaired) electrons. The number of fused-ring (bicyclic) bond motifs is 1. The summed E-state index contributed by atoms with van der Waals surface area (Å²) in [6.07, 6.45) is 2.04. The molecule has 124 valence electrons. The van der Waals surface area contributed by atoms with E-state index < -0.39 is 10.0 Å². The highest BCUT2D eigenvalue weighted by molar-refractivity contribution is 7.92. The summed E-state index contributed by atoms with van der Waals surface area (Å²) in [5.41, 5.74) is 2.73. The first kappa shape index (κ1) is 16.5. The van der Waals surface area contributed by atoms with Crippen molar-refractivity contribution in [1.29, 1.82) is 5.26 Å². The van der Waals surface area contributed by atoms with Crippen LogP contribution in [0.4, 0.5) is 5.69 Å². The van der Waals surface area contributed by atoms with E-state index in [-0.39, 0.29) is 10.8 Å². The van der Waals surface area contributed by atoms with Gasteiger partial charge in [-0.25, -0.2) is 8.42 Å². The average molecular weight is 340 g/mol. The van der Waals surface area contributed by atoms with E-state index in [1.54, 1.807) is 24.3 Å². The molecular formula is C19H20N2O2S. The van der Waals surface area contributed by atoms with Crippen molar-refractivity contribution in [3.05, 3.63) is 59.7 Å². The molecule has 0 aliphatic carbocycles. The van der Waals surface area contributed by atoms with Gasteiger partial charge in [0.25, 0.3) is 10.0 Å².